The molecular weight excluding hydrogens is 200 g/mol. The molecule has 1 aliphatic heterocycles. The van der Waals surface area contributed by atoms with Crippen LogP contribution in [-0.4, -0.2) is 23.5 Å². The smallest absolute Gasteiger partial charge is 0.152 e. The maximum absolute atomic E-state index is 5.87. The maximum Gasteiger partial charge on any atom is 0.152 e. The molecule has 0 unspecified atom stereocenters. The highest BCUT2D eigenvalue weighted by molar-refractivity contribution is 5.73. The van der Waals surface area contributed by atoms with Crippen LogP contribution in [-0.2, 0) is 0 Å². The van der Waals surface area contributed by atoms with Crippen LogP contribution in [0.5, 0.6) is 0 Å². The highest BCUT2D eigenvalue weighted by Crippen LogP contribution is 2.33. The van der Waals surface area contributed by atoms with Crippen LogP contribution in [0.25, 0.3) is 11.1 Å². The van der Waals surface area contributed by atoms with Crippen LogP contribution in [0.3, 0.4) is 0 Å². The standard InChI is InChI=1S/C13H16N2O/c1-9-5-6-12-10(14-9)8-13(16-12)11-4-3-7-15(11)2/h5-6,8,11H,3-4,7H2,1-2H3/t11-/m0/s1. The van der Waals surface area contributed by atoms with E-state index in [0.717, 1.165) is 29.1 Å². The topological polar surface area (TPSA) is 29.3 Å². The normalized spacial score (nSPS) is 22.0. The second kappa shape index (κ2) is 3.59. The summed E-state index contributed by atoms with van der Waals surface area (Å²) in [5, 5.41) is 0. The van der Waals surface area contributed by atoms with Gasteiger partial charge in [0, 0.05) is 11.8 Å². The average molecular weight is 216 g/mol. The van der Waals surface area contributed by atoms with Crippen LogP contribution in [0, 0.1) is 6.92 Å². The van der Waals surface area contributed by atoms with Crippen molar-refractivity contribution >= 4 is 11.1 Å². The summed E-state index contributed by atoms with van der Waals surface area (Å²) in [5.41, 5.74) is 2.93. The van der Waals surface area contributed by atoms with Gasteiger partial charge in [0.15, 0.2) is 5.58 Å². The fourth-order valence-corrected chi connectivity index (χ4v) is 2.48. The Hall–Kier alpha value is -1.35. The second-order valence-corrected chi connectivity index (χ2v) is 4.62. The van der Waals surface area contributed by atoms with Crippen molar-refractivity contribution in [1.29, 1.82) is 0 Å². The van der Waals surface area contributed by atoms with Crippen molar-refractivity contribution in [1.82, 2.24) is 9.88 Å². The summed E-state index contributed by atoms with van der Waals surface area (Å²) in [5.74, 6) is 1.06. The van der Waals surface area contributed by atoms with Crippen molar-refractivity contribution in [2.75, 3.05) is 13.6 Å². The molecule has 3 nitrogen and oxygen atoms in total. The molecule has 1 aliphatic rings. The van der Waals surface area contributed by atoms with Gasteiger partial charge in [-0.25, -0.2) is 4.98 Å². The van der Waals surface area contributed by atoms with Gasteiger partial charge in [0.25, 0.3) is 0 Å². The number of furan rings is 1. The summed E-state index contributed by atoms with van der Waals surface area (Å²) in [6.07, 6.45) is 2.44. The number of fused-ring (bicyclic) bond motifs is 1. The summed E-state index contributed by atoms with van der Waals surface area (Å²) in [6, 6.07) is 6.54. The Kier molecular flexibility index (Phi) is 2.21. The molecule has 0 N–H and O–H groups in total. The first-order chi connectivity index (χ1) is 7.74. The number of nitrogens with zero attached hydrogens (tertiary/aromatic N) is 2. The zero-order chi connectivity index (χ0) is 11.1. The Bertz CT molecular complexity index is 518. The Morgan fingerprint density at radius 2 is 2.31 bits per heavy atom. The molecule has 0 aromatic carbocycles. The Morgan fingerprint density at radius 1 is 1.44 bits per heavy atom. The van der Waals surface area contributed by atoms with Crippen LogP contribution >= 0.6 is 0 Å². The van der Waals surface area contributed by atoms with Crippen molar-refractivity contribution in [3.63, 3.8) is 0 Å². The molecule has 0 amide bonds. The van der Waals surface area contributed by atoms with Gasteiger partial charge in [0.2, 0.25) is 0 Å². The molecule has 84 valence electrons. The van der Waals surface area contributed by atoms with E-state index in [4.69, 9.17) is 4.42 Å². The second-order valence-electron chi connectivity index (χ2n) is 4.62. The molecule has 2 aromatic rings. The summed E-state index contributed by atoms with van der Waals surface area (Å²) >= 11 is 0. The number of pyridine rings is 1. The monoisotopic (exact) mass is 216 g/mol. The third-order valence-corrected chi connectivity index (χ3v) is 3.38. The predicted octanol–water partition coefficient (Wildman–Crippen LogP) is 2.90. The largest absolute Gasteiger partial charge is 0.458 e. The first-order valence-corrected chi connectivity index (χ1v) is 5.81. The van der Waals surface area contributed by atoms with E-state index in [1.807, 2.05) is 19.1 Å². The van der Waals surface area contributed by atoms with E-state index >= 15 is 0 Å². The van der Waals surface area contributed by atoms with Crippen molar-refractivity contribution < 1.29 is 4.42 Å². The molecular formula is C13H16N2O. The zero-order valence-corrected chi connectivity index (χ0v) is 9.73. The molecule has 0 aliphatic carbocycles. The van der Waals surface area contributed by atoms with Crippen molar-refractivity contribution in [2.24, 2.45) is 0 Å². The third kappa shape index (κ3) is 1.52. The van der Waals surface area contributed by atoms with E-state index in [-0.39, 0.29) is 0 Å². The number of aryl methyl sites for hydroxylation is 1. The lowest BCUT2D eigenvalue weighted by molar-refractivity contribution is 0.281. The fraction of sp³-hybridized carbons (Fsp3) is 0.462. The molecule has 0 radical (unpaired) electrons. The minimum atomic E-state index is 0.439. The molecule has 3 heterocycles. The molecule has 1 fully saturated rings. The quantitative estimate of drug-likeness (QED) is 0.734. The lowest BCUT2D eigenvalue weighted by Crippen LogP contribution is -2.16. The zero-order valence-electron chi connectivity index (χ0n) is 9.73. The molecule has 2 aromatic heterocycles. The summed E-state index contributed by atoms with van der Waals surface area (Å²) in [4.78, 5) is 6.83. The molecule has 3 rings (SSSR count). The van der Waals surface area contributed by atoms with E-state index in [2.05, 4.69) is 23.0 Å². The van der Waals surface area contributed by atoms with Crippen molar-refractivity contribution in [2.45, 2.75) is 25.8 Å². The Labute approximate surface area is 95.1 Å². The third-order valence-electron chi connectivity index (χ3n) is 3.38. The van der Waals surface area contributed by atoms with Gasteiger partial charge < -0.3 is 4.42 Å². The van der Waals surface area contributed by atoms with E-state index in [1.54, 1.807) is 0 Å². The molecule has 16 heavy (non-hydrogen) atoms. The minimum absolute atomic E-state index is 0.439. The van der Waals surface area contributed by atoms with Crippen LogP contribution < -0.4 is 0 Å². The summed E-state index contributed by atoms with van der Waals surface area (Å²) in [7, 11) is 2.16. The van der Waals surface area contributed by atoms with Crippen LogP contribution in [0.1, 0.15) is 30.3 Å². The molecule has 0 bridgehead atoms. The van der Waals surface area contributed by atoms with E-state index in [0.29, 0.717) is 6.04 Å². The van der Waals surface area contributed by atoms with E-state index in [9.17, 15) is 0 Å². The highest BCUT2D eigenvalue weighted by atomic mass is 16.3. The summed E-state index contributed by atoms with van der Waals surface area (Å²) < 4.78 is 5.87. The van der Waals surface area contributed by atoms with Gasteiger partial charge in [0.1, 0.15) is 11.3 Å². The van der Waals surface area contributed by atoms with Gasteiger partial charge in [-0.15, -0.1) is 0 Å². The van der Waals surface area contributed by atoms with Crippen LogP contribution in [0.2, 0.25) is 0 Å². The van der Waals surface area contributed by atoms with Gasteiger partial charge >= 0.3 is 0 Å². The number of likely N-dealkylation sites (tertiary alicyclic amines) is 1. The fourth-order valence-electron chi connectivity index (χ4n) is 2.48. The lowest BCUT2D eigenvalue weighted by atomic mass is 10.2. The number of hydrogen-bond donors (Lipinski definition) is 0. The van der Waals surface area contributed by atoms with Gasteiger partial charge in [-0.3, -0.25) is 4.90 Å². The molecule has 1 atom stereocenters. The molecule has 0 spiro atoms. The van der Waals surface area contributed by atoms with Crippen LogP contribution in [0.4, 0.5) is 0 Å². The molecule has 0 saturated carbocycles. The summed E-state index contributed by atoms with van der Waals surface area (Å²) in [6.45, 7) is 3.17. The Morgan fingerprint density at radius 3 is 3.06 bits per heavy atom. The lowest BCUT2D eigenvalue weighted by Gasteiger charge is -2.16. The van der Waals surface area contributed by atoms with E-state index in [1.165, 1.54) is 12.8 Å². The van der Waals surface area contributed by atoms with Gasteiger partial charge in [-0.2, -0.15) is 0 Å². The molecule has 3 heteroatoms. The molecule has 1 saturated heterocycles. The van der Waals surface area contributed by atoms with E-state index < -0.39 is 0 Å². The van der Waals surface area contributed by atoms with Crippen molar-refractivity contribution in [3.05, 3.63) is 29.7 Å². The predicted molar refractivity (Wildman–Crippen MR) is 63.4 cm³/mol. The van der Waals surface area contributed by atoms with Crippen LogP contribution in [0.15, 0.2) is 22.6 Å². The Balaban J connectivity index is 2.04. The highest BCUT2D eigenvalue weighted by Gasteiger charge is 2.25. The number of rotatable bonds is 1. The number of hydrogen-bond acceptors (Lipinski definition) is 3. The SMILES string of the molecule is Cc1ccc2oc([C@@H]3CCCN3C)cc2n1. The first-order valence-electron chi connectivity index (χ1n) is 5.81. The minimum Gasteiger partial charge on any atom is -0.458 e. The van der Waals surface area contributed by atoms with Gasteiger partial charge in [-0.05, 0) is 45.5 Å². The van der Waals surface area contributed by atoms with Gasteiger partial charge in [0.05, 0.1) is 6.04 Å². The van der Waals surface area contributed by atoms with Gasteiger partial charge in [-0.1, -0.05) is 0 Å². The van der Waals surface area contributed by atoms with Crippen molar-refractivity contribution in [3.8, 4) is 0 Å². The first kappa shape index (κ1) is 9.85. The maximum atomic E-state index is 5.87. The average Bonchev–Trinajstić information content (AvgIpc) is 2.82. The number of aromatic nitrogens is 1.